The molecule has 0 radical (unpaired) electrons. The highest BCUT2D eigenvalue weighted by Crippen LogP contribution is 2.22. The van der Waals surface area contributed by atoms with Crippen molar-refractivity contribution in [2.24, 2.45) is 0 Å². The van der Waals surface area contributed by atoms with Crippen molar-refractivity contribution in [3.05, 3.63) is 23.3 Å². The van der Waals surface area contributed by atoms with Crippen LogP contribution in [0.2, 0.25) is 0 Å². The third-order valence-electron chi connectivity index (χ3n) is 2.96. The highest BCUT2D eigenvalue weighted by atomic mass is 32.2. The minimum absolute atomic E-state index is 0.139. The highest BCUT2D eigenvalue weighted by molar-refractivity contribution is 7.89. The molecular weight excluding hydrogens is 264 g/mol. The van der Waals surface area contributed by atoms with Gasteiger partial charge in [0, 0.05) is 18.8 Å². The first-order chi connectivity index (χ1) is 8.88. The molecule has 1 rings (SSSR count). The van der Waals surface area contributed by atoms with Crippen molar-refractivity contribution in [3.8, 4) is 0 Å². The molecule has 0 spiro atoms. The third-order valence-corrected chi connectivity index (χ3v) is 4.55. The fourth-order valence-corrected chi connectivity index (χ4v) is 3.26. The van der Waals surface area contributed by atoms with Crippen LogP contribution in [0.5, 0.6) is 0 Å². The molecule has 0 aliphatic carbocycles. The topological polar surface area (TPSA) is 92.4 Å². The average Bonchev–Trinajstić information content (AvgIpc) is 2.33. The van der Waals surface area contributed by atoms with Crippen LogP contribution < -0.4 is 10.5 Å². The van der Waals surface area contributed by atoms with Gasteiger partial charge in [-0.3, -0.25) is 0 Å². The van der Waals surface area contributed by atoms with Gasteiger partial charge in [-0.2, -0.15) is 0 Å². The van der Waals surface area contributed by atoms with Gasteiger partial charge < -0.3 is 10.8 Å². The van der Waals surface area contributed by atoms with E-state index in [4.69, 9.17) is 10.8 Å². The molecule has 4 N–H and O–H groups in total. The molecule has 0 aromatic heterocycles. The minimum Gasteiger partial charge on any atom is -0.398 e. The lowest BCUT2D eigenvalue weighted by molar-refractivity contribution is 0.283. The van der Waals surface area contributed by atoms with Crippen LogP contribution in [-0.2, 0) is 10.0 Å². The van der Waals surface area contributed by atoms with Crippen molar-refractivity contribution in [2.45, 2.75) is 38.0 Å². The van der Waals surface area contributed by atoms with Crippen molar-refractivity contribution in [1.82, 2.24) is 4.72 Å². The predicted molar refractivity (Wildman–Crippen MR) is 76.5 cm³/mol. The van der Waals surface area contributed by atoms with Gasteiger partial charge in [-0.1, -0.05) is 0 Å². The number of anilines is 1. The van der Waals surface area contributed by atoms with Gasteiger partial charge in [0.15, 0.2) is 0 Å². The van der Waals surface area contributed by atoms with Gasteiger partial charge in [-0.05, 0) is 56.4 Å². The summed E-state index contributed by atoms with van der Waals surface area (Å²) in [5.74, 6) is 0. The van der Waals surface area contributed by atoms with Crippen LogP contribution in [0.1, 0.15) is 30.4 Å². The Labute approximate surface area is 114 Å². The first-order valence-corrected chi connectivity index (χ1v) is 7.84. The third kappa shape index (κ3) is 4.49. The lowest BCUT2D eigenvalue weighted by Crippen LogP contribution is -2.26. The zero-order valence-corrected chi connectivity index (χ0v) is 12.3. The van der Waals surface area contributed by atoms with Gasteiger partial charge in [-0.25, -0.2) is 13.1 Å². The molecule has 6 heteroatoms. The van der Waals surface area contributed by atoms with Gasteiger partial charge in [0.05, 0.1) is 4.90 Å². The smallest absolute Gasteiger partial charge is 0.240 e. The van der Waals surface area contributed by atoms with Gasteiger partial charge >= 0.3 is 0 Å². The normalized spacial score (nSPS) is 11.7. The summed E-state index contributed by atoms with van der Waals surface area (Å²) < 4.78 is 26.9. The highest BCUT2D eigenvalue weighted by Gasteiger charge is 2.17. The second-order valence-electron chi connectivity index (χ2n) is 4.66. The van der Waals surface area contributed by atoms with E-state index >= 15 is 0 Å². The number of nitrogens with two attached hydrogens (primary N) is 1. The Morgan fingerprint density at radius 1 is 1.21 bits per heavy atom. The van der Waals surface area contributed by atoms with Crippen molar-refractivity contribution in [2.75, 3.05) is 18.9 Å². The van der Waals surface area contributed by atoms with Crippen molar-refractivity contribution < 1.29 is 13.5 Å². The first kappa shape index (κ1) is 15.9. The van der Waals surface area contributed by atoms with E-state index in [9.17, 15) is 8.42 Å². The van der Waals surface area contributed by atoms with E-state index in [-0.39, 0.29) is 11.5 Å². The molecule has 5 nitrogen and oxygen atoms in total. The summed E-state index contributed by atoms with van der Waals surface area (Å²) in [5.41, 5.74) is 7.68. The van der Waals surface area contributed by atoms with E-state index < -0.39 is 10.0 Å². The van der Waals surface area contributed by atoms with E-state index in [2.05, 4.69) is 4.72 Å². The summed E-state index contributed by atoms with van der Waals surface area (Å²) in [4.78, 5) is 0.243. The Morgan fingerprint density at radius 2 is 1.89 bits per heavy atom. The second-order valence-corrected chi connectivity index (χ2v) is 6.39. The fraction of sp³-hybridized carbons (Fsp3) is 0.538. The largest absolute Gasteiger partial charge is 0.398 e. The molecule has 0 aliphatic rings. The number of unbranched alkanes of at least 4 members (excludes halogenated alkanes) is 2. The Balaban J connectivity index is 2.78. The standard InChI is InChI=1S/C13H22N2O3S/c1-10-8-12(14)11(2)13(9-10)19(17,18)15-6-4-3-5-7-16/h8-9,15-16H,3-7,14H2,1-2H3. The number of aliphatic hydroxyl groups is 1. The molecule has 0 saturated heterocycles. The molecule has 0 unspecified atom stereocenters. The van der Waals surface area contributed by atoms with Crippen LogP contribution in [-0.4, -0.2) is 26.7 Å². The molecule has 0 heterocycles. The zero-order chi connectivity index (χ0) is 14.5. The second kappa shape index (κ2) is 6.88. The SMILES string of the molecule is Cc1cc(N)c(C)c(S(=O)(=O)NCCCCCO)c1. The number of hydrogen-bond donors (Lipinski definition) is 3. The summed E-state index contributed by atoms with van der Waals surface area (Å²) >= 11 is 0. The Hall–Kier alpha value is -1.11. The summed E-state index contributed by atoms with van der Waals surface area (Å²) in [5, 5.41) is 8.65. The van der Waals surface area contributed by atoms with E-state index in [1.54, 1.807) is 19.1 Å². The van der Waals surface area contributed by atoms with Gasteiger partial charge in [0.1, 0.15) is 0 Å². The predicted octanol–water partition coefficient (Wildman–Crippen LogP) is 1.33. The lowest BCUT2D eigenvalue weighted by Gasteiger charge is -2.12. The summed E-state index contributed by atoms with van der Waals surface area (Å²) in [7, 11) is -3.52. The summed E-state index contributed by atoms with van der Waals surface area (Å²) in [6, 6.07) is 3.39. The quantitative estimate of drug-likeness (QED) is 0.521. The van der Waals surface area contributed by atoms with E-state index in [0.29, 0.717) is 30.6 Å². The van der Waals surface area contributed by atoms with Gasteiger partial charge in [-0.15, -0.1) is 0 Å². The molecule has 19 heavy (non-hydrogen) atoms. The van der Waals surface area contributed by atoms with Crippen LogP contribution in [0, 0.1) is 13.8 Å². The Morgan fingerprint density at radius 3 is 2.53 bits per heavy atom. The number of benzene rings is 1. The number of hydrogen-bond acceptors (Lipinski definition) is 4. The maximum Gasteiger partial charge on any atom is 0.240 e. The Kier molecular flexibility index (Phi) is 5.78. The average molecular weight is 286 g/mol. The molecule has 0 aliphatic heterocycles. The van der Waals surface area contributed by atoms with E-state index in [1.165, 1.54) is 0 Å². The fourth-order valence-electron chi connectivity index (χ4n) is 1.83. The molecule has 108 valence electrons. The summed E-state index contributed by atoms with van der Waals surface area (Å²) in [6.45, 7) is 4.03. The van der Waals surface area contributed by atoms with Gasteiger partial charge in [0.25, 0.3) is 0 Å². The number of aryl methyl sites for hydroxylation is 1. The number of aliphatic hydroxyl groups excluding tert-OH is 1. The van der Waals surface area contributed by atoms with Crippen LogP contribution in [0.4, 0.5) is 5.69 Å². The number of nitrogen functional groups attached to an aromatic ring is 1. The van der Waals surface area contributed by atoms with Crippen LogP contribution >= 0.6 is 0 Å². The van der Waals surface area contributed by atoms with Crippen LogP contribution in [0.15, 0.2) is 17.0 Å². The lowest BCUT2D eigenvalue weighted by atomic mass is 10.1. The van der Waals surface area contributed by atoms with Gasteiger partial charge in [0.2, 0.25) is 10.0 Å². The zero-order valence-electron chi connectivity index (χ0n) is 11.4. The number of sulfonamides is 1. The van der Waals surface area contributed by atoms with Crippen LogP contribution in [0.3, 0.4) is 0 Å². The molecule has 0 fully saturated rings. The first-order valence-electron chi connectivity index (χ1n) is 6.35. The van der Waals surface area contributed by atoms with E-state index in [0.717, 1.165) is 12.0 Å². The monoisotopic (exact) mass is 286 g/mol. The molecule has 0 saturated carbocycles. The maximum absolute atomic E-state index is 12.2. The Bertz CT molecular complexity index is 527. The van der Waals surface area contributed by atoms with Crippen molar-refractivity contribution >= 4 is 15.7 Å². The molecule has 0 bridgehead atoms. The van der Waals surface area contributed by atoms with E-state index in [1.807, 2.05) is 6.92 Å². The van der Waals surface area contributed by atoms with Crippen molar-refractivity contribution in [1.29, 1.82) is 0 Å². The molecule has 1 aromatic carbocycles. The molecule has 0 atom stereocenters. The number of nitrogens with one attached hydrogen (secondary N) is 1. The summed E-state index contributed by atoms with van der Waals surface area (Å²) in [6.07, 6.45) is 2.20. The van der Waals surface area contributed by atoms with Crippen molar-refractivity contribution in [3.63, 3.8) is 0 Å². The minimum atomic E-state index is -3.52. The molecule has 0 amide bonds. The maximum atomic E-state index is 12.2. The van der Waals surface area contributed by atoms with Crippen LogP contribution in [0.25, 0.3) is 0 Å². The molecule has 1 aromatic rings. The molecular formula is C13H22N2O3S. The number of rotatable bonds is 7.